The van der Waals surface area contributed by atoms with Gasteiger partial charge in [-0.1, -0.05) is 11.6 Å². The molecule has 0 radical (unpaired) electrons. The number of hydrazine groups is 1. The molecule has 1 amide bonds. The van der Waals surface area contributed by atoms with Crippen molar-refractivity contribution in [1.29, 1.82) is 0 Å². The second kappa shape index (κ2) is 10.4. The number of hydrogen-bond acceptors (Lipinski definition) is 6. The van der Waals surface area contributed by atoms with Gasteiger partial charge in [0.2, 0.25) is 0 Å². The predicted octanol–water partition coefficient (Wildman–Crippen LogP) is 3.12. The summed E-state index contributed by atoms with van der Waals surface area (Å²) in [6, 6.07) is 9.41. The van der Waals surface area contributed by atoms with Crippen LogP contribution in [0.4, 0.5) is 8.78 Å². The SMILES string of the molecule is CCOc1ccc(OC(C)C(=O)NNS(=O)(=O)c2ccc(OC(F)F)c(Cl)c2)cc1. The van der Waals surface area contributed by atoms with Crippen molar-refractivity contribution in [2.24, 2.45) is 0 Å². The number of rotatable bonds is 10. The molecule has 164 valence electrons. The number of carbonyl (C=O) groups excluding carboxylic acids is 1. The van der Waals surface area contributed by atoms with E-state index in [1.807, 2.05) is 17.2 Å². The Labute approximate surface area is 177 Å². The average molecular weight is 465 g/mol. The van der Waals surface area contributed by atoms with Crippen LogP contribution in [0.1, 0.15) is 13.8 Å². The third-order valence-corrected chi connectivity index (χ3v) is 5.10. The summed E-state index contributed by atoms with van der Waals surface area (Å²) in [6.07, 6.45) is -1.03. The van der Waals surface area contributed by atoms with Crippen molar-refractivity contribution in [2.75, 3.05) is 6.61 Å². The number of halogens is 3. The van der Waals surface area contributed by atoms with Crippen molar-refractivity contribution in [3.8, 4) is 17.2 Å². The normalized spacial score (nSPS) is 12.3. The molecule has 0 fully saturated rings. The summed E-state index contributed by atoms with van der Waals surface area (Å²) in [5, 5.41) is -0.336. The molecule has 2 aromatic carbocycles. The van der Waals surface area contributed by atoms with Gasteiger partial charge in [-0.2, -0.15) is 8.78 Å². The third kappa shape index (κ3) is 6.71. The average Bonchev–Trinajstić information content (AvgIpc) is 2.69. The minimum Gasteiger partial charge on any atom is -0.494 e. The standard InChI is InChI=1S/C18H19ClF2N2O6S/c1-3-27-12-4-6-13(7-5-12)28-11(2)17(24)22-23-30(25,26)14-8-9-16(15(19)10-14)29-18(20)21/h4-11,18,23H,3H2,1-2H3,(H,22,24). The van der Waals surface area contributed by atoms with Gasteiger partial charge in [-0.05, 0) is 56.3 Å². The summed E-state index contributed by atoms with van der Waals surface area (Å²) in [4.78, 5) is 13.6. The summed E-state index contributed by atoms with van der Waals surface area (Å²) in [6.45, 7) is 0.663. The lowest BCUT2D eigenvalue weighted by Gasteiger charge is -2.16. The van der Waals surface area contributed by atoms with Gasteiger partial charge in [0.25, 0.3) is 15.9 Å². The summed E-state index contributed by atoms with van der Waals surface area (Å²) in [5.41, 5.74) is 2.02. The first kappa shape index (κ1) is 23.6. The van der Waals surface area contributed by atoms with Gasteiger partial charge in [0, 0.05) is 0 Å². The van der Waals surface area contributed by atoms with Crippen molar-refractivity contribution in [1.82, 2.24) is 10.3 Å². The van der Waals surface area contributed by atoms with Gasteiger partial charge in [-0.3, -0.25) is 10.2 Å². The number of sulfonamides is 1. The van der Waals surface area contributed by atoms with Crippen LogP contribution in [0.2, 0.25) is 5.02 Å². The number of ether oxygens (including phenoxy) is 3. The van der Waals surface area contributed by atoms with E-state index in [1.165, 1.54) is 6.92 Å². The highest BCUT2D eigenvalue weighted by molar-refractivity contribution is 7.89. The zero-order chi connectivity index (χ0) is 22.3. The van der Waals surface area contributed by atoms with Gasteiger partial charge in [-0.25, -0.2) is 8.42 Å². The van der Waals surface area contributed by atoms with Crippen LogP contribution in [0.25, 0.3) is 0 Å². The maximum atomic E-state index is 12.3. The van der Waals surface area contributed by atoms with Crippen LogP contribution >= 0.6 is 11.6 Å². The minimum absolute atomic E-state index is 0.336. The van der Waals surface area contributed by atoms with Crippen LogP contribution in [-0.4, -0.2) is 33.6 Å². The van der Waals surface area contributed by atoms with E-state index in [1.54, 1.807) is 24.3 Å². The number of hydrogen-bond donors (Lipinski definition) is 2. The van der Waals surface area contributed by atoms with E-state index in [0.29, 0.717) is 18.1 Å². The first-order chi connectivity index (χ1) is 14.1. The van der Waals surface area contributed by atoms with Crippen molar-refractivity contribution in [3.63, 3.8) is 0 Å². The van der Waals surface area contributed by atoms with Gasteiger partial charge in [-0.15, -0.1) is 4.83 Å². The summed E-state index contributed by atoms with van der Waals surface area (Å²) in [7, 11) is -4.22. The molecule has 2 N–H and O–H groups in total. The maximum absolute atomic E-state index is 12.3. The van der Waals surface area contributed by atoms with Crippen LogP contribution in [0.15, 0.2) is 47.4 Å². The van der Waals surface area contributed by atoms with Gasteiger partial charge < -0.3 is 14.2 Å². The Morgan fingerprint density at radius 1 is 1.10 bits per heavy atom. The number of benzene rings is 2. The second-order valence-electron chi connectivity index (χ2n) is 5.73. The minimum atomic E-state index is -4.22. The van der Waals surface area contributed by atoms with Crippen LogP contribution < -0.4 is 24.5 Å². The van der Waals surface area contributed by atoms with E-state index in [9.17, 15) is 22.0 Å². The highest BCUT2D eigenvalue weighted by Gasteiger charge is 2.21. The Bertz CT molecular complexity index is 973. The van der Waals surface area contributed by atoms with E-state index in [2.05, 4.69) is 4.74 Å². The molecule has 0 spiro atoms. The molecule has 8 nitrogen and oxygen atoms in total. The van der Waals surface area contributed by atoms with Crippen molar-refractivity contribution >= 4 is 27.5 Å². The van der Waals surface area contributed by atoms with Gasteiger partial charge in [0.15, 0.2) is 6.10 Å². The molecule has 1 unspecified atom stereocenters. The van der Waals surface area contributed by atoms with E-state index in [4.69, 9.17) is 21.1 Å². The number of amides is 1. The number of alkyl halides is 2. The molecule has 30 heavy (non-hydrogen) atoms. The molecule has 0 aliphatic rings. The maximum Gasteiger partial charge on any atom is 0.387 e. The quantitative estimate of drug-likeness (QED) is 0.524. The monoisotopic (exact) mass is 464 g/mol. The number of carbonyl (C=O) groups is 1. The molecule has 0 saturated carbocycles. The zero-order valence-electron chi connectivity index (χ0n) is 15.9. The van der Waals surface area contributed by atoms with Crippen LogP contribution in [0.5, 0.6) is 17.2 Å². The molecule has 0 aliphatic heterocycles. The first-order valence-electron chi connectivity index (χ1n) is 8.58. The van der Waals surface area contributed by atoms with Crippen molar-refractivity contribution in [3.05, 3.63) is 47.5 Å². The molecule has 0 bridgehead atoms. The molecule has 0 aliphatic carbocycles. The highest BCUT2D eigenvalue weighted by atomic mass is 35.5. The van der Waals surface area contributed by atoms with Gasteiger partial charge >= 0.3 is 6.61 Å². The third-order valence-electron chi connectivity index (χ3n) is 3.56. The van der Waals surface area contributed by atoms with E-state index < -0.39 is 28.6 Å². The molecule has 1 atom stereocenters. The molecule has 0 heterocycles. The smallest absolute Gasteiger partial charge is 0.387 e. The largest absolute Gasteiger partial charge is 0.494 e. The lowest BCUT2D eigenvalue weighted by Crippen LogP contribution is -2.47. The Morgan fingerprint density at radius 2 is 1.73 bits per heavy atom. The van der Waals surface area contributed by atoms with Gasteiger partial charge in [0.05, 0.1) is 16.5 Å². The van der Waals surface area contributed by atoms with Crippen LogP contribution in [0, 0.1) is 0 Å². The first-order valence-corrected chi connectivity index (χ1v) is 10.4. The molecule has 0 saturated heterocycles. The Kier molecular flexibility index (Phi) is 8.21. The molecule has 2 rings (SSSR count). The molecule has 12 heteroatoms. The fraction of sp³-hybridized carbons (Fsp3) is 0.278. The van der Waals surface area contributed by atoms with E-state index in [-0.39, 0.29) is 15.7 Å². The zero-order valence-corrected chi connectivity index (χ0v) is 17.5. The summed E-state index contributed by atoms with van der Waals surface area (Å²) >= 11 is 5.75. The fourth-order valence-electron chi connectivity index (χ4n) is 2.16. The molecule has 2 aromatic rings. The van der Waals surface area contributed by atoms with Crippen LogP contribution in [0.3, 0.4) is 0 Å². The van der Waals surface area contributed by atoms with Gasteiger partial charge in [0.1, 0.15) is 17.2 Å². The molecular formula is C18H19ClF2N2O6S. The Balaban J connectivity index is 1.95. The molecular weight excluding hydrogens is 446 g/mol. The lowest BCUT2D eigenvalue weighted by molar-refractivity contribution is -0.127. The lowest BCUT2D eigenvalue weighted by atomic mass is 10.3. The van der Waals surface area contributed by atoms with E-state index >= 15 is 0 Å². The van der Waals surface area contributed by atoms with Crippen molar-refractivity contribution < 1.29 is 36.2 Å². The Morgan fingerprint density at radius 3 is 2.30 bits per heavy atom. The molecule has 0 aromatic heterocycles. The summed E-state index contributed by atoms with van der Waals surface area (Å²) in [5.74, 6) is -0.132. The fourth-order valence-corrected chi connectivity index (χ4v) is 3.32. The van der Waals surface area contributed by atoms with E-state index in [0.717, 1.165) is 18.2 Å². The second-order valence-corrected chi connectivity index (χ2v) is 7.82. The highest BCUT2D eigenvalue weighted by Crippen LogP contribution is 2.28. The number of nitrogens with one attached hydrogen (secondary N) is 2. The Hall–Kier alpha value is -2.63. The predicted molar refractivity (Wildman–Crippen MR) is 104 cm³/mol. The van der Waals surface area contributed by atoms with Crippen LogP contribution in [-0.2, 0) is 14.8 Å². The van der Waals surface area contributed by atoms with Crippen molar-refractivity contribution in [2.45, 2.75) is 31.5 Å². The topological polar surface area (TPSA) is 103 Å². The summed E-state index contributed by atoms with van der Waals surface area (Å²) < 4.78 is 63.9.